The summed E-state index contributed by atoms with van der Waals surface area (Å²) in [6, 6.07) is 9.96. The van der Waals surface area contributed by atoms with E-state index in [2.05, 4.69) is 6.07 Å². The van der Waals surface area contributed by atoms with E-state index in [0.717, 1.165) is 29.4 Å². The van der Waals surface area contributed by atoms with E-state index < -0.39 is 5.60 Å². The maximum atomic E-state index is 13.0. The average Bonchev–Trinajstić information content (AvgIpc) is 3.00. The second-order valence-electron chi connectivity index (χ2n) is 7.82. The normalized spacial score (nSPS) is 22.4. The highest BCUT2D eigenvalue weighted by molar-refractivity contribution is 5.89. The summed E-state index contributed by atoms with van der Waals surface area (Å²) in [5, 5.41) is 10.4. The number of nitrogens with zero attached hydrogens (tertiary/aromatic N) is 4. The van der Waals surface area contributed by atoms with Crippen LogP contribution in [-0.4, -0.2) is 58.7 Å². The molecule has 1 unspecified atom stereocenters. The quantitative estimate of drug-likeness (QED) is 0.802. The highest BCUT2D eigenvalue weighted by Gasteiger charge is 2.44. The van der Waals surface area contributed by atoms with Crippen LogP contribution in [-0.2, 0) is 16.1 Å². The van der Waals surface area contributed by atoms with E-state index in [4.69, 9.17) is 4.74 Å². The topological polar surface area (TPSA) is 78.6 Å². The van der Waals surface area contributed by atoms with Crippen LogP contribution in [0.3, 0.4) is 0 Å². The molecule has 2 aliphatic heterocycles. The third-order valence-electron chi connectivity index (χ3n) is 6.03. The predicted octanol–water partition coefficient (Wildman–Crippen LogP) is 2.65. The number of rotatable bonds is 2. The number of amides is 2. The first-order chi connectivity index (χ1) is 13.4. The zero-order valence-corrected chi connectivity index (χ0v) is 16.3. The van der Waals surface area contributed by atoms with E-state index in [1.165, 1.54) is 0 Å². The Hall–Kier alpha value is -3.01. The number of aromatic nitrogens is 1. The first-order valence-electron chi connectivity index (χ1n) is 9.64. The lowest BCUT2D eigenvalue weighted by Gasteiger charge is -2.25. The fraction of sp³-hybridized carbons (Fsp3) is 0.476. The van der Waals surface area contributed by atoms with Crippen molar-refractivity contribution in [1.29, 1.82) is 5.26 Å². The Morgan fingerprint density at radius 1 is 1.29 bits per heavy atom. The molecule has 2 saturated heterocycles. The van der Waals surface area contributed by atoms with E-state index in [9.17, 15) is 14.9 Å². The summed E-state index contributed by atoms with van der Waals surface area (Å²) >= 11 is 0. The number of fused-ring (bicyclic) bond motifs is 1. The highest BCUT2D eigenvalue weighted by Crippen LogP contribution is 2.33. The maximum Gasteiger partial charge on any atom is 0.410 e. The largest absolute Gasteiger partial charge is 0.441 e. The number of carbonyl (C=O) groups excluding carboxylic acids is 2. The number of para-hydroxylation sites is 1. The minimum absolute atomic E-state index is 0.0306. The van der Waals surface area contributed by atoms with E-state index in [1.54, 1.807) is 11.9 Å². The van der Waals surface area contributed by atoms with Gasteiger partial charge in [0.15, 0.2) is 0 Å². The van der Waals surface area contributed by atoms with Crippen LogP contribution in [0.15, 0.2) is 24.3 Å². The molecule has 0 bridgehead atoms. The van der Waals surface area contributed by atoms with Crippen molar-refractivity contribution in [2.24, 2.45) is 0 Å². The third kappa shape index (κ3) is 2.99. The number of hydrogen-bond donors (Lipinski definition) is 0. The molecule has 2 fully saturated rings. The number of likely N-dealkylation sites (tertiary alicyclic amines) is 1. The zero-order valence-electron chi connectivity index (χ0n) is 16.3. The predicted molar refractivity (Wildman–Crippen MR) is 104 cm³/mol. The number of benzene rings is 1. The van der Waals surface area contributed by atoms with E-state index in [0.29, 0.717) is 31.6 Å². The monoisotopic (exact) mass is 380 g/mol. The molecule has 1 aromatic carbocycles. The summed E-state index contributed by atoms with van der Waals surface area (Å²) in [5.41, 5.74) is 1.88. The lowest BCUT2D eigenvalue weighted by Crippen LogP contribution is -2.38. The number of carbonyl (C=O) groups is 2. The molecular weight excluding hydrogens is 356 g/mol. The van der Waals surface area contributed by atoms with Gasteiger partial charge in [-0.15, -0.1) is 0 Å². The van der Waals surface area contributed by atoms with Crippen LogP contribution in [0.5, 0.6) is 0 Å². The van der Waals surface area contributed by atoms with Crippen LogP contribution in [0.1, 0.15) is 30.5 Å². The lowest BCUT2D eigenvalue weighted by atomic mass is 9.95. The maximum absolute atomic E-state index is 13.0. The lowest BCUT2D eigenvalue weighted by molar-refractivity contribution is -0.131. The van der Waals surface area contributed by atoms with Crippen molar-refractivity contribution in [1.82, 2.24) is 14.4 Å². The zero-order chi connectivity index (χ0) is 19.9. The molecule has 1 atom stereocenters. The van der Waals surface area contributed by atoms with Gasteiger partial charge in [0.2, 0.25) is 5.91 Å². The van der Waals surface area contributed by atoms with Crippen molar-refractivity contribution in [2.75, 3.05) is 26.7 Å². The minimum atomic E-state index is -0.467. The first-order valence-corrected chi connectivity index (χ1v) is 9.64. The van der Waals surface area contributed by atoms with Crippen molar-refractivity contribution in [3.05, 3.63) is 35.5 Å². The molecule has 3 heterocycles. The Labute approximate surface area is 164 Å². The Morgan fingerprint density at radius 3 is 2.79 bits per heavy atom. The van der Waals surface area contributed by atoms with Crippen LogP contribution < -0.4 is 0 Å². The first kappa shape index (κ1) is 18.4. The molecule has 28 heavy (non-hydrogen) atoms. The summed E-state index contributed by atoms with van der Waals surface area (Å²) in [6.45, 7) is 3.91. The van der Waals surface area contributed by atoms with Crippen LogP contribution in [0.2, 0.25) is 0 Å². The molecule has 1 spiro atoms. The number of nitriles is 1. The molecule has 7 nitrogen and oxygen atoms in total. The molecule has 7 heteroatoms. The molecular formula is C21H24N4O3. The summed E-state index contributed by atoms with van der Waals surface area (Å²) in [6.07, 6.45) is 1.96. The molecule has 2 aromatic rings. The summed E-state index contributed by atoms with van der Waals surface area (Å²) < 4.78 is 7.56. The third-order valence-corrected chi connectivity index (χ3v) is 6.03. The molecule has 0 aliphatic carbocycles. The second kappa shape index (κ2) is 6.86. The molecule has 2 amide bonds. The van der Waals surface area contributed by atoms with Crippen molar-refractivity contribution in [3.63, 3.8) is 0 Å². The highest BCUT2D eigenvalue weighted by atomic mass is 16.6. The van der Waals surface area contributed by atoms with E-state index in [1.807, 2.05) is 40.7 Å². The van der Waals surface area contributed by atoms with Crippen molar-refractivity contribution >= 4 is 22.9 Å². The smallest absolute Gasteiger partial charge is 0.410 e. The van der Waals surface area contributed by atoms with E-state index >= 15 is 0 Å². The van der Waals surface area contributed by atoms with Gasteiger partial charge in [-0.25, -0.2) is 4.79 Å². The van der Waals surface area contributed by atoms with Crippen LogP contribution in [0.4, 0.5) is 4.79 Å². The molecule has 0 N–H and O–H groups in total. The van der Waals surface area contributed by atoms with Gasteiger partial charge in [-0.2, -0.15) is 5.26 Å². The van der Waals surface area contributed by atoms with E-state index in [-0.39, 0.29) is 18.5 Å². The standard InChI is InChI=1S/C21H24N4O3/c1-15-17(12-22)16-6-3-4-7-18(16)25(15)13-19(26)24-10-5-8-21(9-11-24)14-23(2)20(27)28-21/h3-4,6-7H,5,8-11,13-14H2,1-2H3. The van der Waals surface area contributed by atoms with Gasteiger partial charge in [0.05, 0.1) is 17.6 Å². The van der Waals surface area contributed by atoms with Gasteiger partial charge in [-0.3, -0.25) is 4.79 Å². The van der Waals surface area contributed by atoms with Crippen LogP contribution in [0, 0.1) is 18.3 Å². The minimum Gasteiger partial charge on any atom is -0.441 e. The number of likely N-dealkylation sites (N-methyl/N-ethyl adjacent to an activating group) is 1. The van der Waals surface area contributed by atoms with Gasteiger partial charge >= 0.3 is 6.09 Å². The molecule has 2 aliphatic rings. The molecule has 4 rings (SSSR count). The van der Waals surface area contributed by atoms with Gasteiger partial charge in [0.1, 0.15) is 18.2 Å². The Bertz CT molecular complexity index is 989. The van der Waals surface area contributed by atoms with Gasteiger partial charge in [-0.1, -0.05) is 18.2 Å². The van der Waals surface area contributed by atoms with Crippen LogP contribution >= 0.6 is 0 Å². The number of hydrogen-bond acceptors (Lipinski definition) is 4. The van der Waals surface area contributed by atoms with Crippen molar-refractivity contribution in [2.45, 2.75) is 38.3 Å². The van der Waals surface area contributed by atoms with Gasteiger partial charge < -0.3 is 19.1 Å². The molecule has 1 aromatic heterocycles. The van der Waals surface area contributed by atoms with Crippen molar-refractivity contribution < 1.29 is 14.3 Å². The molecule has 0 saturated carbocycles. The fourth-order valence-corrected chi connectivity index (χ4v) is 4.48. The SMILES string of the molecule is Cc1c(C#N)c2ccccc2n1CC(=O)N1CCCC2(CC1)CN(C)C(=O)O2. The molecule has 0 radical (unpaired) electrons. The summed E-state index contributed by atoms with van der Waals surface area (Å²) in [7, 11) is 1.75. The average molecular weight is 380 g/mol. The Morgan fingerprint density at radius 2 is 2.07 bits per heavy atom. The Kier molecular flexibility index (Phi) is 4.50. The summed E-state index contributed by atoms with van der Waals surface area (Å²) in [4.78, 5) is 28.3. The molecule has 146 valence electrons. The van der Waals surface area contributed by atoms with Gasteiger partial charge in [0, 0.05) is 37.6 Å². The summed E-state index contributed by atoms with van der Waals surface area (Å²) in [5.74, 6) is 0.0306. The second-order valence-corrected chi connectivity index (χ2v) is 7.82. The van der Waals surface area contributed by atoms with Crippen LogP contribution in [0.25, 0.3) is 10.9 Å². The fourth-order valence-electron chi connectivity index (χ4n) is 4.48. The Balaban J connectivity index is 1.52. The number of ether oxygens (including phenoxy) is 1. The van der Waals surface area contributed by atoms with Crippen molar-refractivity contribution in [3.8, 4) is 6.07 Å². The van der Waals surface area contributed by atoms with Gasteiger partial charge in [-0.05, 0) is 25.8 Å². The van der Waals surface area contributed by atoms with Gasteiger partial charge in [0.25, 0.3) is 0 Å².